The fourth-order valence-electron chi connectivity index (χ4n) is 3.47. The fraction of sp³-hybridized carbons (Fsp3) is 0.929. The minimum Gasteiger partial charge on any atom is -0.469 e. The van der Waals surface area contributed by atoms with Gasteiger partial charge in [0.25, 0.3) is 0 Å². The Morgan fingerprint density at radius 1 is 1.14 bits per heavy atom. The van der Waals surface area contributed by atoms with Gasteiger partial charge in [-0.15, -0.1) is 0 Å². The number of esters is 1. The lowest BCUT2D eigenvalue weighted by molar-refractivity contribution is -0.146. The standard InChI is InChI=1S/C14H26N2O4S/c1-16(11-7-9-15-10-8-11)21(18,19)13-6-4-3-5-12(13)14(17)20-2/h11-13,15H,3-10H2,1-2H3. The highest BCUT2D eigenvalue weighted by Crippen LogP contribution is 2.33. The van der Waals surface area contributed by atoms with Crippen LogP contribution in [0.5, 0.6) is 0 Å². The summed E-state index contributed by atoms with van der Waals surface area (Å²) in [6.07, 6.45) is 4.56. The van der Waals surface area contributed by atoms with Gasteiger partial charge < -0.3 is 10.1 Å². The highest BCUT2D eigenvalue weighted by atomic mass is 32.2. The molecular formula is C14H26N2O4S. The molecule has 1 saturated carbocycles. The van der Waals surface area contributed by atoms with E-state index >= 15 is 0 Å². The third-order valence-corrected chi connectivity index (χ3v) is 7.24. The zero-order valence-corrected chi connectivity index (χ0v) is 13.7. The second-order valence-corrected chi connectivity index (χ2v) is 8.21. The van der Waals surface area contributed by atoms with E-state index in [9.17, 15) is 13.2 Å². The first-order valence-electron chi connectivity index (χ1n) is 7.74. The van der Waals surface area contributed by atoms with Gasteiger partial charge in [-0.3, -0.25) is 4.79 Å². The van der Waals surface area contributed by atoms with Gasteiger partial charge in [0, 0.05) is 13.1 Å². The van der Waals surface area contributed by atoms with Crippen molar-refractivity contribution in [2.75, 3.05) is 27.2 Å². The molecule has 0 bridgehead atoms. The molecule has 1 heterocycles. The van der Waals surface area contributed by atoms with Gasteiger partial charge in [0.1, 0.15) is 0 Å². The number of rotatable bonds is 4. The maximum atomic E-state index is 12.9. The molecule has 0 aromatic carbocycles. The van der Waals surface area contributed by atoms with E-state index in [1.807, 2.05) is 0 Å². The molecule has 2 unspecified atom stereocenters. The van der Waals surface area contributed by atoms with Gasteiger partial charge in [-0.25, -0.2) is 12.7 Å². The molecule has 0 radical (unpaired) electrons. The Hall–Kier alpha value is -0.660. The molecule has 0 aromatic heterocycles. The lowest BCUT2D eigenvalue weighted by Gasteiger charge is -2.37. The van der Waals surface area contributed by atoms with E-state index in [2.05, 4.69) is 5.32 Å². The van der Waals surface area contributed by atoms with E-state index in [1.165, 1.54) is 11.4 Å². The minimum atomic E-state index is -3.46. The normalized spacial score (nSPS) is 28.5. The number of hydrogen-bond donors (Lipinski definition) is 1. The van der Waals surface area contributed by atoms with Crippen LogP contribution in [0.3, 0.4) is 0 Å². The molecule has 1 N–H and O–H groups in total. The van der Waals surface area contributed by atoms with Crippen molar-refractivity contribution in [2.24, 2.45) is 5.92 Å². The maximum Gasteiger partial charge on any atom is 0.310 e. The number of nitrogens with zero attached hydrogens (tertiary/aromatic N) is 1. The maximum absolute atomic E-state index is 12.9. The summed E-state index contributed by atoms with van der Waals surface area (Å²) in [6, 6.07) is 0.0384. The van der Waals surface area contributed by atoms with E-state index < -0.39 is 21.2 Å². The molecule has 2 aliphatic rings. The smallest absolute Gasteiger partial charge is 0.310 e. The highest BCUT2D eigenvalue weighted by molar-refractivity contribution is 7.89. The van der Waals surface area contributed by atoms with Crippen molar-refractivity contribution >= 4 is 16.0 Å². The summed E-state index contributed by atoms with van der Waals surface area (Å²) in [6.45, 7) is 1.69. The minimum absolute atomic E-state index is 0.0384. The number of piperidine rings is 1. The number of carbonyl (C=O) groups is 1. The van der Waals surface area contributed by atoms with Gasteiger partial charge in [0.2, 0.25) is 10.0 Å². The Labute approximate surface area is 127 Å². The summed E-state index contributed by atoms with van der Waals surface area (Å²) in [5.74, 6) is -0.903. The second kappa shape index (κ2) is 7.07. The quantitative estimate of drug-likeness (QED) is 0.774. The van der Waals surface area contributed by atoms with Gasteiger partial charge in [-0.05, 0) is 38.8 Å². The van der Waals surface area contributed by atoms with Crippen molar-refractivity contribution in [3.05, 3.63) is 0 Å². The molecule has 2 atom stereocenters. The van der Waals surface area contributed by atoms with E-state index in [0.29, 0.717) is 12.8 Å². The summed E-state index contributed by atoms with van der Waals surface area (Å²) in [5, 5.41) is 2.61. The van der Waals surface area contributed by atoms with E-state index in [0.717, 1.165) is 38.8 Å². The van der Waals surface area contributed by atoms with E-state index in [-0.39, 0.29) is 12.0 Å². The first kappa shape index (κ1) is 16.7. The Kier molecular flexibility index (Phi) is 5.62. The number of nitrogens with one attached hydrogen (secondary N) is 1. The van der Waals surface area contributed by atoms with Crippen LogP contribution in [0.25, 0.3) is 0 Å². The van der Waals surface area contributed by atoms with Crippen molar-refractivity contribution in [2.45, 2.75) is 49.8 Å². The van der Waals surface area contributed by atoms with Crippen LogP contribution < -0.4 is 5.32 Å². The monoisotopic (exact) mass is 318 g/mol. The summed E-state index contributed by atoms with van der Waals surface area (Å²) < 4.78 is 32.1. The molecule has 0 aromatic rings. The average Bonchev–Trinajstić information content (AvgIpc) is 2.54. The van der Waals surface area contributed by atoms with Gasteiger partial charge in [-0.1, -0.05) is 12.8 Å². The van der Waals surface area contributed by atoms with Gasteiger partial charge in [0.15, 0.2) is 0 Å². The fourth-order valence-corrected chi connectivity index (χ4v) is 5.65. The molecule has 7 heteroatoms. The molecule has 2 rings (SSSR count). The molecule has 1 aliphatic heterocycles. The zero-order chi connectivity index (χ0) is 15.5. The molecule has 6 nitrogen and oxygen atoms in total. The summed E-state index contributed by atoms with van der Waals surface area (Å²) >= 11 is 0. The molecule has 21 heavy (non-hydrogen) atoms. The van der Waals surface area contributed by atoms with Crippen molar-refractivity contribution in [1.29, 1.82) is 0 Å². The van der Waals surface area contributed by atoms with Crippen LogP contribution >= 0.6 is 0 Å². The Morgan fingerprint density at radius 3 is 2.38 bits per heavy atom. The molecule has 1 saturated heterocycles. The van der Waals surface area contributed by atoms with Crippen molar-refractivity contribution in [1.82, 2.24) is 9.62 Å². The van der Waals surface area contributed by atoms with Gasteiger partial charge in [-0.2, -0.15) is 0 Å². The van der Waals surface area contributed by atoms with E-state index in [4.69, 9.17) is 4.74 Å². The summed E-state index contributed by atoms with van der Waals surface area (Å²) in [5.41, 5.74) is 0. The topological polar surface area (TPSA) is 75.7 Å². The number of hydrogen-bond acceptors (Lipinski definition) is 5. The third kappa shape index (κ3) is 3.57. The molecule has 1 aliphatic carbocycles. The second-order valence-electron chi connectivity index (χ2n) is 5.99. The lowest BCUT2D eigenvalue weighted by Crippen LogP contribution is -2.50. The van der Waals surface area contributed by atoms with Crippen molar-refractivity contribution in [3.63, 3.8) is 0 Å². The third-order valence-electron chi connectivity index (χ3n) is 4.81. The Balaban J connectivity index is 2.17. The predicted octanol–water partition coefficient (Wildman–Crippen LogP) is 0.732. The largest absolute Gasteiger partial charge is 0.469 e. The van der Waals surface area contributed by atoms with Crippen LogP contribution in [-0.4, -0.2) is 57.2 Å². The van der Waals surface area contributed by atoms with Crippen LogP contribution in [0.4, 0.5) is 0 Å². The van der Waals surface area contributed by atoms with Crippen molar-refractivity contribution < 1.29 is 17.9 Å². The van der Waals surface area contributed by atoms with Crippen LogP contribution in [0.2, 0.25) is 0 Å². The molecule has 0 amide bonds. The lowest BCUT2D eigenvalue weighted by atomic mass is 9.89. The van der Waals surface area contributed by atoms with Crippen LogP contribution in [0, 0.1) is 5.92 Å². The summed E-state index contributed by atoms with van der Waals surface area (Å²) in [7, 11) is -0.470. The van der Waals surface area contributed by atoms with Gasteiger partial charge >= 0.3 is 5.97 Å². The van der Waals surface area contributed by atoms with Crippen LogP contribution in [-0.2, 0) is 19.6 Å². The van der Waals surface area contributed by atoms with E-state index in [1.54, 1.807) is 7.05 Å². The number of sulfonamides is 1. The summed E-state index contributed by atoms with van der Waals surface area (Å²) in [4.78, 5) is 11.9. The first-order valence-corrected chi connectivity index (χ1v) is 9.24. The molecule has 122 valence electrons. The average molecular weight is 318 g/mol. The Bertz CT molecular complexity index is 460. The molecule has 2 fully saturated rings. The van der Waals surface area contributed by atoms with Crippen LogP contribution in [0.1, 0.15) is 38.5 Å². The first-order chi connectivity index (χ1) is 9.98. The number of methoxy groups -OCH3 is 1. The van der Waals surface area contributed by atoms with Crippen LogP contribution in [0.15, 0.2) is 0 Å². The highest BCUT2D eigenvalue weighted by Gasteiger charge is 2.43. The number of ether oxygens (including phenoxy) is 1. The van der Waals surface area contributed by atoms with Crippen molar-refractivity contribution in [3.8, 4) is 0 Å². The Morgan fingerprint density at radius 2 is 1.76 bits per heavy atom. The molecule has 0 spiro atoms. The number of carbonyl (C=O) groups excluding carboxylic acids is 1. The molecular weight excluding hydrogens is 292 g/mol. The van der Waals surface area contributed by atoms with Gasteiger partial charge in [0.05, 0.1) is 18.3 Å². The zero-order valence-electron chi connectivity index (χ0n) is 12.9. The SMILES string of the molecule is COC(=O)C1CCCCC1S(=O)(=O)N(C)C1CCNCC1. The predicted molar refractivity (Wildman–Crippen MR) is 80.3 cm³/mol.